The minimum atomic E-state index is -0.337. The Balaban J connectivity index is 1.90. The Bertz CT molecular complexity index is 959. The van der Waals surface area contributed by atoms with Crippen LogP contribution in [0.2, 0.25) is 0 Å². The van der Waals surface area contributed by atoms with Crippen LogP contribution in [0.15, 0.2) is 47.4 Å². The molecule has 3 rings (SSSR count). The van der Waals surface area contributed by atoms with Gasteiger partial charge in [-0.25, -0.2) is 4.39 Å². The molecule has 0 fully saturated rings. The Hall–Kier alpha value is -2.18. The topological polar surface area (TPSA) is 54.1 Å². The van der Waals surface area contributed by atoms with Crippen LogP contribution in [0.25, 0.3) is 10.9 Å². The fourth-order valence-electron chi connectivity index (χ4n) is 3.19. The SMILES string of the molecule is CCOC(=O)Cc1c(C(C)Nc2ccc(SCCl)cc2)[nH]c2ccc(F)cc12. The van der Waals surface area contributed by atoms with Gasteiger partial charge < -0.3 is 15.0 Å². The molecule has 0 bridgehead atoms. The Morgan fingerprint density at radius 3 is 2.71 bits per heavy atom. The van der Waals surface area contributed by atoms with Crippen molar-refractivity contribution in [3.05, 3.63) is 59.5 Å². The Kier molecular flexibility index (Phi) is 6.86. The monoisotopic (exact) mass is 420 g/mol. The Labute approximate surface area is 172 Å². The number of fused-ring (bicyclic) bond motifs is 1. The number of ether oxygens (including phenoxy) is 1. The van der Waals surface area contributed by atoms with Crippen LogP contribution in [-0.2, 0) is 16.0 Å². The van der Waals surface area contributed by atoms with Gasteiger partial charge in [0.2, 0.25) is 0 Å². The molecule has 0 saturated heterocycles. The number of H-pyrrole nitrogens is 1. The van der Waals surface area contributed by atoms with Gasteiger partial charge in [0.15, 0.2) is 0 Å². The predicted octanol–water partition coefficient (Wildman–Crippen LogP) is 5.87. The van der Waals surface area contributed by atoms with E-state index >= 15 is 0 Å². The van der Waals surface area contributed by atoms with Crippen LogP contribution < -0.4 is 5.32 Å². The lowest BCUT2D eigenvalue weighted by molar-refractivity contribution is -0.142. The smallest absolute Gasteiger partial charge is 0.310 e. The van der Waals surface area contributed by atoms with Crippen molar-refractivity contribution in [3.63, 3.8) is 0 Å². The Morgan fingerprint density at radius 1 is 1.29 bits per heavy atom. The normalized spacial score (nSPS) is 12.1. The molecule has 3 aromatic rings. The quantitative estimate of drug-likeness (QED) is 0.271. The third-order valence-corrected chi connectivity index (χ3v) is 5.46. The molecule has 1 atom stereocenters. The van der Waals surface area contributed by atoms with E-state index in [0.29, 0.717) is 17.2 Å². The van der Waals surface area contributed by atoms with Crippen molar-refractivity contribution < 1.29 is 13.9 Å². The summed E-state index contributed by atoms with van der Waals surface area (Å²) in [5.74, 6) is -0.667. The van der Waals surface area contributed by atoms with Gasteiger partial charge in [0.25, 0.3) is 0 Å². The van der Waals surface area contributed by atoms with Crippen LogP contribution in [0.1, 0.15) is 31.1 Å². The van der Waals surface area contributed by atoms with Gasteiger partial charge >= 0.3 is 5.97 Å². The summed E-state index contributed by atoms with van der Waals surface area (Å²) >= 11 is 7.31. The highest BCUT2D eigenvalue weighted by Gasteiger charge is 2.20. The molecule has 0 saturated carbocycles. The van der Waals surface area contributed by atoms with Crippen molar-refractivity contribution in [2.75, 3.05) is 17.1 Å². The number of aromatic amines is 1. The molecule has 0 aliphatic rings. The molecule has 2 N–H and O–H groups in total. The number of benzene rings is 2. The number of hydrogen-bond donors (Lipinski definition) is 2. The number of thioether (sulfide) groups is 1. The highest BCUT2D eigenvalue weighted by Crippen LogP contribution is 2.30. The second-order valence-electron chi connectivity index (χ2n) is 6.33. The van der Waals surface area contributed by atoms with Crippen LogP contribution in [0.4, 0.5) is 10.1 Å². The Morgan fingerprint density at radius 2 is 2.04 bits per heavy atom. The number of carbonyl (C=O) groups is 1. The van der Waals surface area contributed by atoms with Crippen molar-refractivity contribution in [1.82, 2.24) is 4.98 Å². The van der Waals surface area contributed by atoms with Gasteiger partial charge in [0, 0.05) is 27.2 Å². The second-order valence-corrected chi connectivity index (χ2v) is 7.97. The summed E-state index contributed by atoms with van der Waals surface area (Å²) in [6.45, 7) is 4.08. The summed E-state index contributed by atoms with van der Waals surface area (Å²) in [5.41, 5.74) is 3.33. The summed E-state index contributed by atoms with van der Waals surface area (Å²) in [6.07, 6.45) is 0.0872. The second kappa shape index (κ2) is 9.34. The molecular formula is C21H22ClFN2O2S. The van der Waals surface area contributed by atoms with E-state index in [1.165, 1.54) is 12.1 Å². The van der Waals surface area contributed by atoms with Crippen molar-refractivity contribution in [3.8, 4) is 0 Å². The number of nitrogens with one attached hydrogen (secondary N) is 2. The fraction of sp³-hybridized carbons (Fsp3) is 0.286. The van der Waals surface area contributed by atoms with Gasteiger partial charge in [-0.2, -0.15) is 0 Å². The third-order valence-electron chi connectivity index (χ3n) is 4.42. The highest BCUT2D eigenvalue weighted by atomic mass is 35.5. The maximum atomic E-state index is 13.8. The van der Waals surface area contributed by atoms with E-state index in [1.807, 2.05) is 31.2 Å². The zero-order valence-electron chi connectivity index (χ0n) is 15.7. The fourth-order valence-corrected chi connectivity index (χ4v) is 4.02. The average molecular weight is 421 g/mol. The minimum absolute atomic E-state index is 0.0872. The molecule has 1 heterocycles. The molecule has 0 radical (unpaired) electrons. The lowest BCUT2D eigenvalue weighted by Gasteiger charge is -2.16. The van der Waals surface area contributed by atoms with Crippen LogP contribution in [0.5, 0.6) is 0 Å². The van der Waals surface area contributed by atoms with E-state index in [4.69, 9.17) is 16.3 Å². The van der Waals surface area contributed by atoms with Gasteiger partial charge in [0.05, 0.1) is 24.3 Å². The average Bonchev–Trinajstić information content (AvgIpc) is 3.01. The number of aromatic nitrogens is 1. The first-order chi connectivity index (χ1) is 13.5. The lowest BCUT2D eigenvalue weighted by atomic mass is 10.0. The number of halogens is 2. The summed E-state index contributed by atoms with van der Waals surface area (Å²) in [5, 5.41) is 4.63. The van der Waals surface area contributed by atoms with Gasteiger partial charge in [0.1, 0.15) is 5.82 Å². The van der Waals surface area contributed by atoms with Crippen LogP contribution in [-0.4, -0.2) is 22.8 Å². The lowest BCUT2D eigenvalue weighted by Crippen LogP contribution is -2.13. The maximum Gasteiger partial charge on any atom is 0.310 e. The molecule has 4 nitrogen and oxygen atoms in total. The van der Waals surface area contributed by atoms with E-state index in [-0.39, 0.29) is 24.2 Å². The largest absolute Gasteiger partial charge is 0.466 e. The number of rotatable bonds is 8. The van der Waals surface area contributed by atoms with Crippen LogP contribution >= 0.6 is 23.4 Å². The van der Waals surface area contributed by atoms with Crippen molar-refractivity contribution in [2.45, 2.75) is 31.2 Å². The minimum Gasteiger partial charge on any atom is -0.466 e. The van der Waals surface area contributed by atoms with Gasteiger partial charge in [-0.05, 0) is 61.9 Å². The molecule has 0 amide bonds. The van der Waals surface area contributed by atoms with Crippen molar-refractivity contribution in [1.29, 1.82) is 0 Å². The van der Waals surface area contributed by atoms with Crippen LogP contribution in [0, 0.1) is 5.82 Å². The molecule has 1 unspecified atom stereocenters. The van der Waals surface area contributed by atoms with E-state index < -0.39 is 0 Å². The van der Waals surface area contributed by atoms with E-state index in [1.54, 1.807) is 24.8 Å². The zero-order chi connectivity index (χ0) is 20.1. The number of carbonyl (C=O) groups excluding carboxylic acids is 1. The first kappa shape index (κ1) is 20.6. The van der Waals surface area contributed by atoms with Gasteiger partial charge in [-0.15, -0.1) is 23.4 Å². The summed E-state index contributed by atoms with van der Waals surface area (Å²) in [4.78, 5) is 16.5. The maximum absolute atomic E-state index is 13.8. The molecule has 0 aliphatic carbocycles. The van der Waals surface area contributed by atoms with E-state index in [2.05, 4.69) is 10.3 Å². The van der Waals surface area contributed by atoms with Crippen molar-refractivity contribution in [2.24, 2.45) is 0 Å². The first-order valence-electron chi connectivity index (χ1n) is 9.02. The summed E-state index contributed by atoms with van der Waals surface area (Å²) < 4.78 is 18.9. The summed E-state index contributed by atoms with van der Waals surface area (Å²) in [7, 11) is 0. The highest BCUT2D eigenvalue weighted by molar-refractivity contribution is 8.00. The number of esters is 1. The van der Waals surface area contributed by atoms with Crippen molar-refractivity contribution >= 4 is 45.9 Å². The molecule has 28 heavy (non-hydrogen) atoms. The number of hydrogen-bond acceptors (Lipinski definition) is 4. The number of alkyl halides is 1. The van der Waals surface area contributed by atoms with Crippen LogP contribution in [0.3, 0.4) is 0 Å². The van der Waals surface area contributed by atoms with E-state index in [0.717, 1.165) is 27.4 Å². The molecule has 2 aromatic carbocycles. The molecule has 0 aliphatic heterocycles. The zero-order valence-corrected chi connectivity index (χ0v) is 17.3. The van der Waals surface area contributed by atoms with Gasteiger partial charge in [-0.3, -0.25) is 4.79 Å². The standard InChI is InChI=1S/C21H22ClFN2O2S/c1-3-27-20(26)11-18-17-10-14(23)4-9-19(17)25-21(18)13(2)24-15-5-7-16(8-6-15)28-12-22/h4-10,13,24-25H,3,11-12H2,1-2H3. The molecule has 1 aromatic heterocycles. The summed E-state index contributed by atoms with van der Waals surface area (Å²) in [6, 6.07) is 12.4. The predicted molar refractivity (Wildman–Crippen MR) is 114 cm³/mol. The third kappa shape index (κ3) is 4.80. The molecule has 148 valence electrons. The van der Waals surface area contributed by atoms with E-state index in [9.17, 15) is 9.18 Å². The molecule has 0 spiro atoms. The van der Waals surface area contributed by atoms with Gasteiger partial charge in [-0.1, -0.05) is 0 Å². The first-order valence-corrected chi connectivity index (χ1v) is 10.5. The molecular weight excluding hydrogens is 399 g/mol. The molecule has 7 heteroatoms. The number of anilines is 1.